The summed E-state index contributed by atoms with van der Waals surface area (Å²) < 4.78 is 0. The first-order chi connectivity index (χ1) is 21.3. The third-order valence-electron chi connectivity index (χ3n) is 10.4. The molecule has 4 aliphatic rings. The first-order valence-electron chi connectivity index (χ1n) is 15.3. The number of fused-ring (bicyclic) bond motifs is 3. The molecule has 1 unspecified atom stereocenters. The Balaban J connectivity index is 1.33. The van der Waals surface area contributed by atoms with Gasteiger partial charge in [-0.15, -0.1) is 10.2 Å². The molecule has 7 rings (SSSR count). The van der Waals surface area contributed by atoms with Crippen LogP contribution in [0.25, 0.3) is 0 Å². The largest absolute Gasteiger partial charge is 0.366 e. The highest BCUT2D eigenvalue weighted by molar-refractivity contribution is 5.94. The average Bonchev–Trinajstić information content (AvgIpc) is 3.38. The number of benzene rings is 2. The van der Waals surface area contributed by atoms with Crippen LogP contribution in [-0.2, 0) is 23.1 Å². The van der Waals surface area contributed by atoms with Gasteiger partial charge >= 0.3 is 0 Å². The molecule has 3 amide bonds. The van der Waals surface area contributed by atoms with Crippen LogP contribution in [0.4, 0.5) is 0 Å². The molecule has 12 nitrogen and oxygen atoms in total. The van der Waals surface area contributed by atoms with Crippen LogP contribution in [0.2, 0.25) is 0 Å². The molecule has 0 spiro atoms. The van der Waals surface area contributed by atoms with Crippen LogP contribution in [0.15, 0.2) is 36.4 Å². The second-order valence-electron chi connectivity index (χ2n) is 12.7. The quantitative estimate of drug-likeness (QED) is 0.286. The fourth-order valence-electron chi connectivity index (χ4n) is 7.87. The number of piperidine rings is 1. The van der Waals surface area contributed by atoms with Gasteiger partial charge in [-0.1, -0.05) is 23.8 Å². The lowest BCUT2D eigenvalue weighted by Gasteiger charge is -2.42. The number of aryl methyl sites for hydroxylation is 2. The van der Waals surface area contributed by atoms with Gasteiger partial charge in [0.05, 0.1) is 18.0 Å². The molecule has 1 aliphatic heterocycles. The van der Waals surface area contributed by atoms with Crippen LogP contribution in [0.1, 0.15) is 87.3 Å². The molecule has 0 bridgehead atoms. The number of aromatic amines is 1. The van der Waals surface area contributed by atoms with E-state index >= 15 is 0 Å². The van der Waals surface area contributed by atoms with Crippen LogP contribution < -0.4 is 16.8 Å². The maximum absolute atomic E-state index is 13.5. The molecule has 4 atom stereocenters. The summed E-state index contributed by atoms with van der Waals surface area (Å²) in [5.74, 6) is 0.149. The van der Waals surface area contributed by atoms with Gasteiger partial charge in [0.25, 0.3) is 0 Å². The monoisotopic (exact) mass is 593 g/mol. The van der Waals surface area contributed by atoms with Gasteiger partial charge in [-0.2, -0.15) is 10.5 Å². The summed E-state index contributed by atoms with van der Waals surface area (Å²) in [6, 6.07) is 13.0. The number of carbonyl (C=O) groups is 3. The van der Waals surface area contributed by atoms with Crippen LogP contribution in [0.5, 0.6) is 0 Å². The average molecular weight is 594 g/mol. The molecule has 2 saturated carbocycles. The van der Waals surface area contributed by atoms with Gasteiger partial charge in [0, 0.05) is 23.2 Å². The van der Waals surface area contributed by atoms with E-state index in [1.165, 1.54) is 0 Å². The van der Waals surface area contributed by atoms with Crippen molar-refractivity contribution in [2.24, 2.45) is 23.3 Å². The van der Waals surface area contributed by atoms with Gasteiger partial charge in [0.1, 0.15) is 6.04 Å². The number of H-pyrrole nitrogens is 1. The zero-order chi connectivity index (χ0) is 30.6. The van der Waals surface area contributed by atoms with Gasteiger partial charge in [0.2, 0.25) is 17.7 Å². The van der Waals surface area contributed by atoms with Crippen molar-refractivity contribution < 1.29 is 14.4 Å². The van der Waals surface area contributed by atoms with E-state index in [0.29, 0.717) is 48.0 Å². The number of nitrogens with zero attached hydrogens (tertiary/aromatic N) is 5. The minimum absolute atomic E-state index is 0.0432. The number of hydrogen-bond acceptors (Lipinski definition) is 8. The molecule has 1 saturated heterocycles. The molecule has 0 radical (unpaired) electrons. The second-order valence-corrected chi connectivity index (χ2v) is 12.7. The molecule has 1 aromatic heterocycles. The summed E-state index contributed by atoms with van der Waals surface area (Å²) in [6.45, 7) is 0.131. The van der Waals surface area contributed by atoms with E-state index < -0.39 is 17.2 Å². The van der Waals surface area contributed by atoms with E-state index in [9.17, 15) is 19.6 Å². The van der Waals surface area contributed by atoms with Crippen LogP contribution in [0, 0.1) is 23.2 Å². The van der Waals surface area contributed by atoms with Crippen LogP contribution >= 0.6 is 0 Å². The second kappa shape index (κ2) is 10.8. The third kappa shape index (κ3) is 4.63. The maximum atomic E-state index is 13.5. The summed E-state index contributed by atoms with van der Waals surface area (Å²) in [5.41, 5.74) is 15.0. The van der Waals surface area contributed by atoms with Crippen molar-refractivity contribution in [2.75, 3.05) is 6.54 Å². The predicted octanol–water partition coefficient (Wildman–Crippen LogP) is 1.49. The number of amides is 3. The minimum atomic E-state index is -0.929. The molecule has 12 heteroatoms. The maximum Gasteiger partial charge on any atom is 0.248 e. The molecule has 44 heavy (non-hydrogen) atoms. The molecule has 3 aliphatic carbocycles. The standard InChI is InChI=1S/C32H35N9O3/c33-15-23-12-22-13-27(22)41(23)28(42)16-36-26(17-2-1-3-17)14-32(31-37-39-40-38-31)24-8-6-20(29(34)43)10-18(24)4-5-19-11-21(30(35)44)7-9-25(19)32/h6-11,17,22-23,26-27,36H,1-5,12-14,16H2,(H2,34,43)(H2,35,44)(H,37,38,39,40)/t22-,23?,26+,27+/m1/s1. The summed E-state index contributed by atoms with van der Waals surface area (Å²) in [4.78, 5) is 39.7. The minimum Gasteiger partial charge on any atom is -0.366 e. The predicted molar refractivity (Wildman–Crippen MR) is 158 cm³/mol. The fraction of sp³-hybridized carbons (Fsp3) is 0.469. The lowest BCUT2D eigenvalue weighted by atomic mass is 9.64. The number of rotatable bonds is 9. The molecule has 6 N–H and O–H groups in total. The lowest BCUT2D eigenvalue weighted by Crippen LogP contribution is -2.50. The molecule has 2 aromatic carbocycles. The van der Waals surface area contributed by atoms with E-state index in [2.05, 4.69) is 32.0 Å². The number of aromatic nitrogens is 4. The number of likely N-dealkylation sites (tertiary alicyclic amines) is 1. The highest BCUT2D eigenvalue weighted by atomic mass is 16.2. The van der Waals surface area contributed by atoms with Crippen molar-refractivity contribution in [3.05, 3.63) is 75.6 Å². The van der Waals surface area contributed by atoms with Crippen molar-refractivity contribution in [1.82, 2.24) is 30.8 Å². The van der Waals surface area contributed by atoms with Crippen LogP contribution in [0.3, 0.4) is 0 Å². The highest BCUT2D eigenvalue weighted by Crippen LogP contribution is 2.50. The van der Waals surface area contributed by atoms with Gasteiger partial charge in [-0.05, 0) is 103 Å². The lowest BCUT2D eigenvalue weighted by molar-refractivity contribution is -0.131. The fourth-order valence-corrected chi connectivity index (χ4v) is 7.87. The Kier molecular flexibility index (Phi) is 6.93. The molecule has 226 valence electrons. The zero-order valence-electron chi connectivity index (χ0n) is 24.3. The number of carbonyl (C=O) groups excluding carboxylic acids is 3. The summed E-state index contributed by atoms with van der Waals surface area (Å²) >= 11 is 0. The summed E-state index contributed by atoms with van der Waals surface area (Å²) in [7, 11) is 0. The van der Waals surface area contributed by atoms with E-state index in [1.807, 2.05) is 24.3 Å². The zero-order valence-corrected chi connectivity index (χ0v) is 24.3. The third-order valence-corrected chi connectivity index (χ3v) is 10.4. The Hall–Kier alpha value is -4.63. The molecule has 3 aromatic rings. The number of tetrazole rings is 1. The Morgan fingerprint density at radius 3 is 2.23 bits per heavy atom. The van der Waals surface area contributed by atoms with E-state index in [4.69, 9.17) is 11.5 Å². The molecule has 2 heterocycles. The van der Waals surface area contributed by atoms with Crippen molar-refractivity contribution in [2.45, 2.75) is 74.9 Å². The van der Waals surface area contributed by atoms with E-state index in [-0.39, 0.29) is 30.6 Å². The first kappa shape index (κ1) is 28.2. The van der Waals surface area contributed by atoms with E-state index in [1.54, 1.807) is 17.0 Å². The van der Waals surface area contributed by atoms with E-state index in [0.717, 1.165) is 54.4 Å². The van der Waals surface area contributed by atoms with Crippen molar-refractivity contribution >= 4 is 17.7 Å². The Labute approximate surface area is 254 Å². The number of hydrogen-bond donors (Lipinski definition) is 4. The first-order valence-corrected chi connectivity index (χ1v) is 15.3. The number of nitrogens with two attached hydrogens (primary N) is 2. The summed E-state index contributed by atoms with van der Waals surface area (Å²) in [5, 5.41) is 29.0. The molecular formula is C32H35N9O3. The van der Waals surface area contributed by atoms with Gasteiger partial charge in [0.15, 0.2) is 5.82 Å². The smallest absolute Gasteiger partial charge is 0.248 e. The molecule has 3 fully saturated rings. The van der Waals surface area contributed by atoms with Gasteiger partial charge in [-0.3, -0.25) is 14.4 Å². The number of nitrogens with one attached hydrogen (secondary N) is 2. The Morgan fingerprint density at radius 1 is 1.05 bits per heavy atom. The molecular weight excluding hydrogens is 558 g/mol. The number of nitriles is 1. The van der Waals surface area contributed by atoms with Crippen molar-refractivity contribution in [3.8, 4) is 6.07 Å². The Morgan fingerprint density at radius 2 is 1.70 bits per heavy atom. The van der Waals surface area contributed by atoms with Crippen LogP contribution in [-0.4, -0.2) is 67.9 Å². The summed E-state index contributed by atoms with van der Waals surface area (Å²) in [6.07, 6.45) is 6.57. The topological polar surface area (TPSA) is 197 Å². The van der Waals surface area contributed by atoms with Crippen molar-refractivity contribution in [3.63, 3.8) is 0 Å². The van der Waals surface area contributed by atoms with Gasteiger partial charge < -0.3 is 21.7 Å². The Bertz CT molecular complexity index is 1610. The highest BCUT2D eigenvalue weighted by Gasteiger charge is 2.54. The van der Waals surface area contributed by atoms with Crippen molar-refractivity contribution in [1.29, 1.82) is 5.26 Å². The number of primary amides is 2. The normalized spacial score (nSPS) is 23.7. The van der Waals surface area contributed by atoms with Gasteiger partial charge in [-0.25, -0.2) is 0 Å². The SMILES string of the molecule is N#CC1C[C@@H]2C[C@@H]2N1C(=O)CN[C@@H](CC1(c2nn[nH]n2)c2ccc(C(N)=O)cc2CCc2cc(C(N)=O)ccc21)C1CCC1.